The van der Waals surface area contributed by atoms with E-state index in [2.05, 4.69) is 17.2 Å². The molecule has 1 aromatic carbocycles. The zero-order valence-electron chi connectivity index (χ0n) is 13.0. The third-order valence-electron chi connectivity index (χ3n) is 3.93. The smallest absolute Gasteiger partial charge is 0.248 e. The Hall–Kier alpha value is -1.15. The van der Waals surface area contributed by atoms with Crippen molar-refractivity contribution in [2.75, 3.05) is 26.2 Å². The Kier molecular flexibility index (Phi) is 4.91. The van der Waals surface area contributed by atoms with Gasteiger partial charge in [-0.05, 0) is 18.6 Å². The van der Waals surface area contributed by atoms with Crippen LogP contribution in [-0.2, 0) is 16.4 Å². The lowest BCUT2D eigenvalue weighted by atomic mass is 10.2. The van der Waals surface area contributed by atoms with Crippen LogP contribution in [0.2, 0.25) is 5.02 Å². The SMILES string of the molecule is CCCCc1nc2ccc(Cl)c(S(=O)(=O)N3CCNCC3)c2o1. The van der Waals surface area contributed by atoms with Crippen LogP contribution < -0.4 is 5.32 Å². The second kappa shape index (κ2) is 6.76. The van der Waals surface area contributed by atoms with Crippen molar-refractivity contribution in [2.45, 2.75) is 31.1 Å². The van der Waals surface area contributed by atoms with E-state index < -0.39 is 10.0 Å². The van der Waals surface area contributed by atoms with Crippen molar-refractivity contribution >= 4 is 32.7 Å². The summed E-state index contributed by atoms with van der Waals surface area (Å²) in [4.78, 5) is 4.43. The number of rotatable bonds is 5. The van der Waals surface area contributed by atoms with Gasteiger partial charge in [0.25, 0.3) is 0 Å². The maximum atomic E-state index is 13.0. The number of aromatic nitrogens is 1. The Morgan fingerprint density at radius 2 is 2.09 bits per heavy atom. The summed E-state index contributed by atoms with van der Waals surface area (Å²) >= 11 is 6.21. The van der Waals surface area contributed by atoms with Crippen LogP contribution in [0.25, 0.3) is 11.1 Å². The Morgan fingerprint density at radius 1 is 1.35 bits per heavy atom. The van der Waals surface area contributed by atoms with Crippen LogP contribution >= 0.6 is 11.6 Å². The molecule has 126 valence electrons. The van der Waals surface area contributed by atoms with Gasteiger partial charge < -0.3 is 9.73 Å². The molecule has 1 aliphatic rings. The van der Waals surface area contributed by atoms with Crippen molar-refractivity contribution in [1.82, 2.24) is 14.6 Å². The summed E-state index contributed by atoms with van der Waals surface area (Å²) in [6.45, 7) is 4.19. The van der Waals surface area contributed by atoms with E-state index in [1.165, 1.54) is 4.31 Å². The molecule has 23 heavy (non-hydrogen) atoms. The van der Waals surface area contributed by atoms with Gasteiger partial charge in [0.2, 0.25) is 10.0 Å². The quantitative estimate of drug-likeness (QED) is 0.889. The van der Waals surface area contributed by atoms with Gasteiger partial charge in [0.15, 0.2) is 11.5 Å². The zero-order chi connectivity index (χ0) is 16.4. The molecule has 0 aliphatic carbocycles. The first kappa shape index (κ1) is 16.7. The summed E-state index contributed by atoms with van der Waals surface area (Å²) in [6.07, 6.45) is 2.65. The Labute approximate surface area is 140 Å². The van der Waals surface area contributed by atoms with Crippen LogP contribution in [0, 0.1) is 0 Å². The lowest BCUT2D eigenvalue weighted by Crippen LogP contribution is -2.46. The largest absolute Gasteiger partial charge is 0.439 e. The molecular formula is C15H20ClN3O3S. The van der Waals surface area contributed by atoms with Crippen molar-refractivity contribution in [3.8, 4) is 0 Å². The van der Waals surface area contributed by atoms with Gasteiger partial charge in [0, 0.05) is 32.6 Å². The Morgan fingerprint density at radius 3 is 2.78 bits per heavy atom. The van der Waals surface area contributed by atoms with Gasteiger partial charge in [-0.3, -0.25) is 0 Å². The second-order valence-electron chi connectivity index (χ2n) is 5.59. The van der Waals surface area contributed by atoms with Gasteiger partial charge in [0.05, 0.1) is 5.02 Å². The molecular weight excluding hydrogens is 338 g/mol. The lowest BCUT2D eigenvalue weighted by Gasteiger charge is -2.26. The first-order chi connectivity index (χ1) is 11.0. The summed E-state index contributed by atoms with van der Waals surface area (Å²) < 4.78 is 33.1. The number of piperazine rings is 1. The molecule has 0 radical (unpaired) electrons. The normalized spacial score (nSPS) is 17.0. The summed E-state index contributed by atoms with van der Waals surface area (Å²) in [7, 11) is -3.70. The van der Waals surface area contributed by atoms with E-state index in [-0.39, 0.29) is 15.5 Å². The van der Waals surface area contributed by atoms with Crippen LogP contribution in [0.3, 0.4) is 0 Å². The predicted octanol–water partition coefficient (Wildman–Crippen LogP) is 2.42. The molecule has 1 aliphatic heterocycles. The maximum Gasteiger partial charge on any atom is 0.248 e. The predicted molar refractivity (Wildman–Crippen MR) is 89.3 cm³/mol. The molecule has 1 saturated heterocycles. The number of hydrogen-bond acceptors (Lipinski definition) is 5. The van der Waals surface area contributed by atoms with Gasteiger partial charge in [-0.15, -0.1) is 0 Å². The standard InChI is InChI=1S/C15H20ClN3O3S/c1-2-3-4-13-18-12-6-5-11(16)15(14(12)22-13)23(20,21)19-9-7-17-8-10-19/h5-6,17H,2-4,7-10H2,1H3. The molecule has 0 unspecified atom stereocenters. The van der Waals surface area contributed by atoms with Crippen molar-refractivity contribution in [3.05, 3.63) is 23.0 Å². The van der Waals surface area contributed by atoms with E-state index in [0.717, 1.165) is 12.8 Å². The highest BCUT2D eigenvalue weighted by molar-refractivity contribution is 7.89. The van der Waals surface area contributed by atoms with Gasteiger partial charge >= 0.3 is 0 Å². The van der Waals surface area contributed by atoms with Crippen LogP contribution in [0.4, 0.5) is 0 Å². The summed E-state index contributed by atoms with van der Waals surface area (Å²) in [5, 5.41) is 3.32. The minimum Gasteiger partial charge on any atom is -0.439 e. The minimum atomic E-state index is -3.70. The summed E-state index contributed by atoms with van der Waals surface area (Å²) in [5.74, 6) is 0.556. The molecule has 1 fully saturated rings. The maximum absolute atomic E-state index is 13.0. The number of sulfonamides is 1. The third-order valence-corrected chi connectivity index (χ3v) is 6.32. The molecule has 0 spiro atoms. The average Bonchev–Trinajstić information content (AvgIpc) is 2.96. The van der Waals surface area contributed by atoms with Crippen LogP contribution in [0.1, 0.15) is 25.7 Å². The molecule has 2 aromatic rings. The highest BCUT2D eigenvalue weighted by Crippen LogP contribution is 2.33. The van der Waals surface area contributed by atoms with Crippen LogP contribution in [0.15, 0.2) is 21.4 Å². The van der Waals surface area contributed by atoms with Crippen molar-refractivity contribution in [1.29, 1.82) is 0 Å². The average molecular weight is 358 g/mol. The molecule has 0 bridgehead atoms. The molecule has 3 rings (SSSR count). The molecule has 2 heterocycles. The summed E-state index contributed by atoms with van der Waals surface area (Å²) in [5.41, 5.74) is 0.802. The van der Waals surface area contributed by atoms with Crippen molar-refractivity contribution in [3.63, 3.8) is 0 Å². The van der Waals surface area contributed by atoms with Crippen molar-refractivity contribution < 1.29 is 12.8 Å². The molecule has 1 N–H and O–H groups in total. The molecule has 0 atom stereocenters. The van der Waals surface area contributed by atoms with E-state index in [1.54, 1.807) is 12.1 Å². The fraction of sp³-hybridized carbons (Fsp3) is 0.533. The first-order valence-electron chi connectivity index (χ1n) is 7.83. The number of hydrogen-bond donors (Lipinski definition) is 1. The number of nitrogens with zero attached hydrogens (tertiary/aromatic N) is 2. The number of benzene rings is 1. The number of oxazole rings is 1. The molecule has 0 amide bonds. The first-order valence-corrected chi connectivity index (χ1v) is 9.64. The number of halogens is 1. The van der Waals surface area contributed by atoms with Gasteiger partial charge in [-0.2, -0.15) is 4.31 Å². The zero-order valence-corrected chi connectivity index (χ0v) is 14.6. The topological polar surface area (TPSA) is 75.4 Å². The Bertz CT molecular complexity index is 798. The monoisotopic (exact) mass is 357 g/mol. The second-order valence-corrected chi connectivity index (χ2v) is 7.87. The van der Waals surface area contributed by atoms with Gasteiger partial charge in [-0.1, -0.05) is 24.9 Å². The molecule has 8 heteroatoms. The number of aryl methyl sites for hydroxylation is 1. The van der Waals surface area contributed by atoms with Gasteiger partial charge in [-0.25, -0.2) is 13.4 Å². The van der Waals surface area contributed by atoms with Crippen LogP contribution in [0.5, 0.6) is 0 Å². The molecule has 1 aromatic heterocycles. The van der Waals surface area contributed by atoms with E-state index in [4.69, 9.17) is 16.0 Å². The molecule has 0 saturated carbocycles. The van der Waals surface area contributed by atoms with E-state index >= 15 is 0 Å². The lowest BCUT2D eigenvalue weighted by molar-refractivity contribution is 0.360. The highest BCUT2D eigenvalue weighted by Gasteiger charge is 2.31. The van der Waals surface area contributed by atoms with E-state index in [9.17, 15) is 8.42 Å². The van der Waals surface area contributed by atoms with Gasteiger partial charge in [0.1, 0.15) is 10.4 Å². The van der Waals surface area contributed by atoms with Crippen molar-refractivity contribution in [2.24, 2.45) is 0 Å². The Balaban J connectivity index is 2.07. The number of nitrogens with one attached hydrogen (secondary N) is 1. The fourth-order valence-electron chi connectivity index (χ4n) is 2.68. The highest BCUT2D eigenvalue weighted by atomic mass is 35.5. The number of unbranched alkanes of at least 4 members (excludes halogenated alkanes) is 1. The molecule has 6 nitrogen and oxygen atoms in total. The van der Waals surface area contributed by atoms with Crippen LogP contribution in [-0.4, -0.2) is 43.9 Å². The van der Waals surface area contributed by atoms with E-state index in [0.29, 0.717) is 44.0 Å². The van der Waals surface area contributed by atoms with E-state index in [1.807, 2.05) is 0 Å². The number of fused-ring (bicyclic) bond motifs is 1. The minimum absolute atomic E-state index is 0.0359. The third kappa shape index (κ3) is 3.24. The fourth-order valence-corrected chi connectivity index (χ4v) is 4.74. The summed E-state index contributed by atoms with van der Waals surface area (Å²) in [6, 6.07) is 3.28.